The van der Waals surface area contributed by atoms with Crippen molar-refractivity contribution in [1.29, 1.82) is 0 Å². The Hall–Kier alpha value is -2.43. The standard InChI is InChI=1S/C16H19N5/c1-4-11(2)13-5-7-14(8-6-13)20-15-9-12(3)19-16-17-10-18-21(15)16/h5-11,20H,4H2,1-3H3/t11-/m0/s1. The number of hydrogen-bond donors (Lipinski definition) is 1. The molecule has 0 radical (unpaired) electrons. The van der Waals surface area contributed by atoms with E-state index >= 15 is 0 Å². The third kappa shape index (κ3) is 2.72. The predicted molar refractivity (Wildman–Crippen MR) is 83.9 cm³/mol. The number of nitrogens with one attached hydrogen (secondary N) is 1. The summed E-state index contributed by atoms with van der Waals surface area (Å²) in [5.41, 5.74) is 3.30. The number of aromatic nitrogens is 4. The molecular weight excluding hydrogens is 262 g/mol. The molecule has 21 heavy (non-hydrogen) atoms. The van der Waals surface area contributed by atoms with Crippen molar-refractivity contribution in [2.75, 3.05) is 5.32 Å². The quantitative estimate of drug-likeness (QED) is 0.792. The molecule has 0 amide bonds. The molecule has 0 aliphatic rings. The SMILES string of the molecule is CC[C@H](C)c1ccc(Nc2cc(C)nc3ncnn23)cc1. The van der Waals surface area contributed by atoms with E-state index in [-0.39, 0.29) is 0 Å². The molecule has 1 atom stereocenters. The molecule has 0 fully saturated rings. The molecule has 5 nitrogen and oxygen atoms in total. The first kappa shape index (κ1) is 13.5. The lowest BCUT2D eigenvalue weighted by atomic mass is 9.99. The summed E-state index contributed by atoms with van der Waals surface area (Å²) >= 11 is 0. The van der Waals surface area contributed by atoms with E-state index in [9.17, 15) is 0 Å². The van der Waals surface area contributed by atoms with Crippen molar-refractivity contribution in [3.05, 3.63) is 47.9 Å². The molecule has 0 aliphatic carbocycles. The Kier molecular flexibility index (Phi) is 3.56. The van der Waals surface area contributed by atoms with Crippen LogP contribution in [0, 0.1) is 6.92 Å². The second-order valence-electron chi connectivity index (χ2n) is 5.31. The molecule has 0 bridgehead atoms. The Morgan fingerprint density at radius 3 is 2.71 bits per heavy atom. The average Bonchev–Trinajstić information content (AvgIpc) is 2.95. The minimum absolute atomic E-state index is 0.587. The van der Waals surface area contributed by atoms with Gasteiger partial charge in [-0.1, -0.05) is 26.0 Å². The number of nitrogens with zero attached hydrogens (tertiary/aromatic N) is 4. The van der Waals surface area contributed by atoms with Crippen LogP contribution in [0.25, 0.3) is 5.78 Å². The number of aryl methyl sites for hydroxylation is 1. The molecule has 108 valence electrons. The Balaban J connectivity index is 1.90. The second kappa shape index (κ2) is 5.52. The molecule has 2 heterocycles. The monoisotopic (exact) mass is 281 g/mol. The topological polar surface area (TPSA) is 55.1 Å². The smallest absolute Gasteiger partial charge is 0.254 e. The summed E-state index contributed by atoms with van der Waals surface area (Å²) in [6.45, 7) is 6.40. The minimum atomic E-state index is 0.587. The first-order chi connectivity index (χ1) is 10.2. The lowest BCUT2D eigenvalue weighted by Gasteiger charge is -2.12. The van der Waals surface area contributed by atoms with Crippen LogP contribution in [-0.4, -0.2) is 19.6 Å². The maximum absolute atomic E-state index is 4.34. The van der Waals surface area contributed by atoms with Gasteiger partial charge in [0.25, 0.3) is 5.78 Å². The largest absolute Gasteiger partial charge is 0.340 e. The van der Waals surface area contributed by atoms with Crippen molar-refractivity contribution in [2.24, 2.45) is 0 Å². The number of rotatable bonds is 4. The normalized spacial score (nSPS) is 12.5. The van der Waals surface area contributed by atoms with E-state index < -0.39 is 0 Å². The number of hydrogen-bond acceptors (Lipinski definition) is 4. The Morgan fingerprint density at radius 2 is 2.00 bits per heavy atom. The van der Waals surface area contributed by atoms with E-state index in [4.69, 9.17) is 0 Å². The van der Waals surface area contributed by atoms with Crippen LogP contribution in [0.2, 0.25) is 0 Å². The zero-order chi connectivity index (χ0) is 14.8. The summed E-state index contributed by atoms with van der Waals surface area (Å²) in [6, 6.07) is 10.5. The Bertz CT molecular complexity index is 745. The van der Waals surface area contributed by atoms with Crippen molar-refractivity contribution >= 4 is 17.3 Å². The molecule has 1 aromatic carbocycles. The fourth-order valence-electron chi connectivity index (χ4n) is 2.30. The number of anilines is 2. The van der Waals surface area contributed by atoms with E-state index in [0.29, 0.717) is 11.7 Å². The number of fused-ring (bicyclic) bond motifs is 1. The molecule has 0 saturated carbocycles. The van der Waals surface area contributed by atoms with Gasteiger partial charge in [-0.25, -0.2) is 4.98 Å². The van der Waals surface area contributed by atoms with Crippen LogP contribution in [0.15, 0.2) is 36.7 Å². The maximum atomic E-state index is 4.34. The zero-order valence-corrected chi connectivity index (χ0v) is 12.5. The van der Waals surface area contributed by atoms with Crippen LogP contribution < -0.4 is 5.32 Å². The van der Waals surface area contributed by atoms with Gasteiger partial charge in [0, 0.05) is 17.4 Å². The summed E-state index contributed by atoms with van der Waals surface area (Å²) in [7, 11) is 0. The van der Waals surface area contributed by atoms with E-state index in [2.05, 4.69) is 58.5 Å². The van der Waals surface area contributed by atoms with Gasteiger partial charge < -0.3 is 5.32 Å². The second-order valence-corrected chi connectivity index (χ2v) is 5.31. The lowest BCUT2D eigenvalue weighted by molar-refractivity contribution is 0.734. The molecule has 3 rings (SSSR count). The molecule has 3 aromatic rings. The lowest BCUT2D eigenvalue weighted by Crippen LogP contribution is -2.02. The van der Waals surface area contributed by atoms with Crippen LogP contribution >= 0.6 is 0 Å². The third-order valence-electron chi connectivity index (χ3n) is 3.74. The van der Waals surface area contributed by atoms with Crippen LogP contribution in [-0.2, 0) is 0 Å². The average molecular weight is 281 g/mol. The van der Waals surface area contributed by atoms with Crippen molar-refractivity contribution in [2.45, 2.75) is 33.1 Å². The van der Waals surface area contributed by atoms with Crippen molar-refractivity contribution in [3.8, 4) is 0 Å². The first-order valence-electron chi connectivity index (χ1n) is 7.21. The Labute approximate surface area is 124 Å². The molecule has 2 aromatic heterocycles. The molecule has 1 N–H and O–H groups in total. The van der Waals surface area contributed by atoms with Gasteiger partial charge in [-0.3, -0.25) is 0 Å². The van der Waals surface area contributed by atoms with Crippen LogP contribution in [0.5, 0.6) is 0 Å². The minimum Gasteiger partial charge on any atom is -0.340 e. The predicted octanol–water partition coefficient (Wildman–Crippen LogP) is 3.69. The summed E-state index contributed by atoms with van der Waals surface area (Å²) in [4.78, 5) is 8.47. The van der Waals surface area contributed by atoms with Gasteiger partial charge in [0.05, 0.1) is 0 Å². The molecule has 5 heteroatoms. The van der Waals surface area contributed by atoms with Gasteiger partial charge >= 0.3 is 0 Å². The molecule has 0 spiro atoms. The molecular formula is C16H19N5. The maximum Gasteiger partial charge on any atom is 0.254 e. The zero-order valence-electron chi connectivity index (χ0n) is 12.5. The Morgan fingerprint density at radius 1 is 1.24 bits per heavy atom. The number of benzene rings is 1. The third-order valence-corrected chi connectivity index (χ3v) is 3.74. The summed E-state index contributed by atoms with van der Waals surface area (Å²) in [5.74, 6) is 2.06. The highest BCUT2D eigenvalue weighted by Crippen LogP contribution is 2.22. The van der Waals surface area contributed by atoms with E-state index in [1.807, 2.05) is 13.0 Å². The van der Waals surface area contributed by atoms with E-state index in [1.54, 1.807) is 4.52 Å². The van der Waals surface area contributed by atoms with Gasteiger partial charge in [-0.2, -0.15) is 14.6 Å². The van der Waals surface area contributed by atoms with Crippen molar-refractivity contribution < 1.29 is 0 Å². The molecule has 0 saturated heterocycles. The van der Waals surface area contributed by atoms with Crippen LogP contribution in [0.3, 0.4) is 0 Å². The van der Waals surface area contributed by atoms with Crippen molar-refractivity contribution in [1.82, 2.24) is 19.6 Å². The molecule has 0 unspecified atom stereocenters. The van der Waals surface area contributed by atoms with Crippen molar-refractivity contribution in [3.63, 3.8) is 0 Å². The van der Waals surface area contributed by atoms with Gasteiger partial charge in [0.15, 0.2) is 0 Å². The first-order valence-corrected chi connectivity index (χ1v) is 7.21. The van der Waals surface area contributed by atoms with Crippen LogP contribution in [0.4, 0.5) is 11.5 Å². The van der Waals surface area contributed by atoms with Gasteiger partial charge in [-0.05, 0) is 37.0 Å². The van der Waals surface area contributed by atoms with Crippen LogP contribution in [0.1, 0.15) is 37.4 Å². The summed E-state index contributed by atoms with van der Waals surface area (Å²) in [6.07, 6.45) is 2.66. The highest BCUT2D eigenvalue weighted by Gasteiger charge is 2.07. The van der Waals surface area contributed by atoms with E-state index in [1.165, 1.54) is 11.9 Å². The van der Waals surface area contributed by atoms with Gasteiger partial charge in [-0.15, -0.1) is 0 Å². The highest BCUT2D eigenvalue weighted by atomic mass is 15.3. The highest BCUT2D eigenvalue weighted by molar-refractivity contribution is 5.59. The fourth-order valence-corrected chi connectivity index (χ4v) is 2.30. The van der Waals surface area contributed by atoms with Gasteiger partial charge in [0.2, 0.25) is 0 Å². The van der Waals surface area contributed by atoms with E-state index in [0.717, 1.165) is 23.6 Å². The summed E-state index contributed by atoms with van der Waals surface area (Å²) < 4.78 is 1.70. The van der Waals surface area contributed by atoms with Gasteiger partial charge in [0.1, 0.15) is 12.1 Å². The molecule has 0 aliphatic heterocycles. The summed E-state index contributed by atoms with van der Waals surface area (Å²) in [5, 5.41) is 7.57. The fraction of sp³-hybridized carbons (Fsp3) is 0.312.